The summed E-state index contributed by atoms with van der Waals surface area (Å²) in [5, 5.41) is 3.28. The first-order valence-corrected chi connectivity index (χ1v) is 9.70. The van der Waals surface area contributed by atoms with E-state index in [9.17, 15) is 13.2 Å². The van der Waals surface area contributed by atoms with Crippen LogP contribution in [-0.4, -0.2) is 34.7 Å². The van der Waals surface area contributed by atoms with E-state index in [1.165, 1.54) is 6.07 Å². The Morgan fingerprint density at radius 1 is 1.12 bits per heavy atom. The molecule has 134 valence electrons. The number of amides is 1. The second-order valence-corrected chi connectivity index (χ2v) is 8.07. The summed E-state index contributed by atoms with van der Waals surface area (Å²) in [7, 11) is 0.331. The first kappa shape index (κ1) is 19.1. The Morgan fingerprint density at radius 2 is 1.80 bits per heavy atom. The molecule has 2 aromatic rings. The van der Waals surface area contributed by atoms with Crippen molar-refractivity contribution in [2.45, 2.75) is 6.92 Å². The van der Waals surface area contributed by atoms with Gasteiger partial charge in [-0.15, -0.1) is 0 Å². The largest absolute Gasteiger partial charge is 0.376 e. The van der Waals surface area contributed by atoms with Crippen molar-refractivity contribution < 1.29 is 13.2 Å². The van der Waals surface area contributed by atoms with E-state index < -0.39 is 10.0 Å². The number of carbonyl (C=O) groups excluding carboxylic acids is 1. The molecule has 2 aromatic carbocycles. The topological polar surface area (TPSA) is 78.5 Å². The third-order valence-electron chi connectivity index (χ3n) is 3.48. The van der Waals surface area contributed by atoms with Crippen molar-refractivity contribution in [1.29, 1.82) is 0 Å². The maximum Gasteiger partial charge on any atom is 0.255 e. The minimum Gasteiger partial charge on any atom is -0.376 e. The zero-order chi connectivity index (χ0) is 18.8. The molecule has 0 bridgehead atoms. The SMILES string of the molecule is Cc1ccc(C(=O)Nc2ccc(N(C)C)c(Cl)c2)cc1NS(C)(=O)=O. The number of rotatable bonds is 5. The molecule has 0 aromatic heterocycles. The number of nitrogens with one attached hydrogen (secondary N) is 2. The number of hydrogen-bond donors (Lipinski definition) is 2. The van der Waals surface area contributed by atoms with Gasteiger partial charge in [0.25, 0.3) is 5.91 Å². The van der Waals surface area contributed by atoms with Crippen LogP contribution in [0.2, 0.25) is 5.02 Å². The second kappa shape index (κ2) is 7.33. The summed E-state index contributed by atoms with van der Waals surface area (Å²) in [6.07, 6.45) is 1.06. The van der Waals surface area contributed by atoms with E-state index in [0.29, 0.717) is 22.0 Å². The van der Waals surface area contributed by atoms with Gasteiger partial charge in [-0.3, -0.25) is 9.52 Å². The molecule has 0 aliphatic carbocycles. The smallest absolute Gasteiger partial charge is 0.255 e. The van der Waals surface area contributed by atoms with Gasteiger partial charge >= 0.3 is 0 Å². The second-order valence-electron chi connectivity index (χ2n) is 5.92. The molecule has 2 rings (SSSR count). The van der Waals surface area contributed by atoms with E-state index in [4.69, 9.17) is 11.6 Å². The van der Waals surface area contributed by atoms with Gasteiger partial charge in [0, 0.05) is 25.3 Å². The van der Waals surface area contributed by atoms with Crippen LogP contribution in [0.25, 0.3) is 0 Å². The lowest BCUT2D eigenvalue weighted by molar-refractivity contribution is 0.102. The number of nitrogens with zero attached hydrogens (tertiary/aromatic N) is 1. The Hall–Kier alpha value is -2.25. The Bertz CT molecular complexity index is 911. The van der Waals surface area contributed by atoms with Crippen LogP contribution < -0.4 is 14.9 Å². The van der Waals surface area contributed by atoms with E-state index in [2.05, 4.69) is 10.0 Å². The lowest BCUT2D eigenvalue weighted by Crippen LogP contribution is -2.15. The molecule has 0 heterocycles. The van der Waals surface area contributed by atoms with Gasteiger partial charge in [-0.1, -0.05) is 17.7 Å². The molecular formula is C17H20ClN3O3S. The summed E-state index contributed by atoms with van der Waals surface area (Å²) in [6, 6.07) is 10.0. The lowest BCUT2D eigenvalue weighted by atomic mass is 10.1. The normalized spacial score (nSPS) is 11.1. The number of aryl methyl sites for hydroxylation is 1. The minimum atomic E-state index is -3.42. The number of sulfonamides is 1. The molecule has 0 unspecified atom stereocenters. The third-order valence-corrected chi connectivity index (χ3v) is 4.38. The number of halogens is 1. The van der Waals surface area contributed by atoms with Crippen LogP contribution in [0.1, 0.15) is 15.9 Å². The van der Waals surface area contributed by atoms with Crippen molar-refractivity contribution in [3.63, 3.8) is 0 Å². The van der Waals surface area contributed by atoms with Gasteiger partial charge in [-0.05, 0) is 42.8 Å². The minimum absolute atomic E-state index is 0.338. The molecule has 1 amide bonds. The standard InChI is InChI=1S/C17H20ClN3O3S/c1-11-5-6-12(9-15(11)20-25(4,23)24)17(22)19-13-7-8-16(21(2)3)14(18)10-13/h5-10,20H,1-4H3,(H,19,22). The van der Waals surface area contributed by atoms with Gasteiger partial charge in [0.15, 0.2) is 0 Å². The summed E-state index contributed by atoms with van der Waals surface area (Å²) in [6.45, 7) is 1.76. The van der Waals surface area contributed by atoms with Gasteiger partial charge < -0.3 is 10.2 Å². The highest BCUT2D eigenvalue weighted by Crippen LogP contribution is 2.28. The van der Waals surface area contributed by atoms with E-state index >= 15 is 0 Å². The van der Waals surface area contributed by atoms with E-state index in [1.54, 1.807) is 31.2 Å². The van der Waals surface area contributed by atoms with Gasteiger partial charge in [-0.25, -0.2) is 8.42 Å². The fourth-order valence-corrected chi connectivity index (χ4v) is 3.19. The number of anilines is 3. The van der Waals surface area contributed by atoms with Crippen molar-refractivity contribution in [1.82, 2.24) is 0 Å². The highest BCUT2D eigenvalue weighted by molar-refractivity contribution is 7.92. The average molecular weight is 382 g/mol. The van der Waals surface area contributed by atoms with Crippen molar-refractivity contribution >= 4 is 44.6 Å². The molecule has 0 aliphatic rings. The summed E-state index contributed by atoms with van der Waals surface area (Å²) in [5.74, 6) is -0.356. The van der Waals surface area contributed by atoms with Gasteiger partial charge in [0.05, 0.1) is 22.7 Å². The van der Waals surface area contributed by atoms with E-state index in [-0.39, 0.29) is 5.91 Å². The summed E-state index contributed by atoms with van der Waals surface area (Å²) >= 11 is 6.20. The molecular weight excluding hydrogens is 362 g/mol. The Balaban J connectivity index is 2.24. The van der Waals surface area contributed by atoms with Crippen molar-refractivity contribution in [3.8, 4) is 0 Å². The zero-order valence-corrected chi connectivity index (χ0v) is 16.0. The quantitative estimate of drug-likeness (QED) is 0.832. The number of hydrogen-bond acceptors (Lipinski definition) is 4. The molecule has 0 atom stereocenters. The lowest BCUT2D eigenvalue weighted by Gasteiger charge is -2.15. The predicted molar refractivity (Wildman–Crippen MR) is 103 cm³/mol. The van der Waals surface area contributed by atoms with Gasteiger partial charge in [-0.2, -0.15) is 0 Å². The Morgan fingerprint density at radius 3 is 2.36 bits per heavy atom. The predicted octanol–water partition coefficient (Wildman–Crippen LogP) is 3.34. The number of benzene rings is 2. The molecule has 2 N–H and O–H groups in total. The maximum atomic E-state index is 12.4. The monoisotopic (exact) mass is 381 g/mol. The van der Waals surface area contributed by atoms with Crippen LogP contribution >= 0.6 is 11.6 Å². The van der Waals surface area contributed by atoms with Crippen molar-refractivity contribution in [2.75, 3.05) is 35.3 Å². The van der Waals surface area contributed by atoms with Gasteiger partial charge in [0.2, 0.25) is 10.0 Å². The van der Waals surface area contributed by atoms with Crippen LogP contribution in [0.3, 0.4) is 0 Å². The number of carbonyl (C=O) groups is 1. The van der Waals surface area contributed by atoms with Crippen molar-refractivity contribution in [2.24, 2.45) is 0 Å². The van der Waals surface area contributed by atoms with Crippen LogP contribution in [0.4, 0.5) is 17.1 Å². The summed E-state index contributed by atoms with van der Waals surface area (Å²) < 4.78 is 25.2. The molecule has 0 saturated heterocycles. The highest BCUT2D eigenvalue weighted by Gasteiger charge is 2.12. The van der Waals surface area contributed by atoms with E-state index in [0.717, 1.165) is 17.5 Å². The first-order chi connectivity index (χ1) is 11.6. The molecule has 6 nitrogen and oxygen atoms in total. The van der Waals surface area contributed by atoms with Crippen LogP contribution in [0, 0.1) is 6.92 Å². The van der Waals surface area contributed by atoms with Gasteiger partial charge in [0.1, 0.15) is 0 Å². The van der Waals surface area contributed by atoms with Crippen molar-refractivity contribution in [3.05, 3.63) is 52.5 Å². The summed E-state index contributed by atoms with van der Waals surface area (Å²) in [4.78, 5) is 14.3. The average Bonchev–Trinajstić information content (AvgIpc) is 2.47. The maximum absolute atomic E-state index is 12.4. The molecule has 0 saturated carbocycles. The fraction of sp³-hybridized carbons (Fsp3) is 0.235. The third kappa shape index (κ3) is 5.11. The van der Waals surface area contributed by atoms with Crippen LogP contribution in [0.15, 0.2) is 36.4 Å². The Kier molecular flexibility index (Phi) is 5.59. The Labute approximate surface area is 152 Å². The van der Waals surface area contributed by atoms with Crippen LogP contribution in [0.5, 0.6) is 0 Å². The molecule has 0 radical (unpaired) electrons. The molecule has 0 fully saturated rings. The summed E-state index contributed by atoms with van der Waals surface area (Å²) in [5.41, 5.74) is 2.83. The van der Waals surface area contributed by atoms with E-state index in [1.807, 2.05) is 25.1 Å². The molecule has 0 aliphatic heterocycles. The molecule has 0 spiro atoms. The highest BCUT2D eigenvalue weighted by atomic mass is 35.5. The fourth-order valence-electron chi connectivity index (χ4n) is 2.22. The molecule has 25 heavy (non-hydrogen) atoms. The van der Waals surface area contributed by atoms with Crippen LogP contribution in [-0.2, 0) is 10.0 Å². The zero-order valence-electron chi connectivity index (χ0n) is 14.4. The molecule has 8 heteroatoms. The first-order valence-electron chi connectivity index (χ1n) is 7.43.